The maximum absolute atomic E-state index is 13.2. The van der Waals surface area contributed by atoms with Crippen molar-refractivity contribution >= 4 is 50.9 Å². The number of thioether (sulfide) groups is 1. The molecule has 1 aliphatic carbocycles. The van der Waals surface area contributed by atoms with Crippen molar-refractivity contribution in [3.05, 3.63) is 63.3 Å². The SMILES string of the molecule is C=CCn1c(SCC(=O)Nc2cccc(C(=O)O)c2)nc2sc3c(c2c1=O)CCCC3. The number of thiophene rings is 1. The number of aromatic nitrogens is 2. The summed E-state index contributed by atoms with van der Waals surface area (Å²) >= 11 is 2.76. The van der Waals surface area contributed by atoms with Crippen molar-refractivity contribution in [2.24, 2.45) is 0 Å². The van der Waals surface area contributed by atoms with Crippen molar-refractivity contribution in [2.45, 2.75) is 37.4 Å². The van der Waals surface area contributed by atoms with Crippen LogP contribution in [0.3, 0.4) is 0 Å². The summed E-state index contributed by atoms with van der Waals surface area (Å²) in [7, 11) is 0. The quantitative estimate of drug-likeness (QED) is 0.318. The highest BCUT2D eigenvalue weighted by Gasteiger charge is 2.22. The van der Waals surface area contributed by atoms with E-state index in [-0.39, 0.29) is 22.8 Å². The van der Waals surface area contributed by atoms with Gasteiger partial charge in [-0.3, -0.25) is 14.2 Å². The zero-order valence-electron chi connectivity index (χ0n) is 16.7. The van der Waals surface area contributed by atoms with Crippen molar-refractivity contribution in [1.82, 2.24) is 9.55 Å². The Morgan fingerprint density at radius 2 is 2.13 bits per heavy atom. The largest absolute Gasteiger partial charge is 0.478 e. The molecule has 0 radical (unpaired) electrons. The zero-order valence-corrected chi connectivity index (χ0v) is 18.4. The fraction of sp³-hybridized carbons (Fsp3) is 0.273. The van der Waals surface area contributed by atoms with Crippen LogP contribution in [-0.2, 0) is 24.2 Å². The van der Waals surface area contributed by atoms with Crippen LogP contribution < -0.4 is 10.9 Å². The maximum Gasteiger partial charge on any atom is 0.335 e. The Labute approximate surface area is 186 Å². The lowest BCUT2D eigenvalue weighted by Crippen LogP contribution is -2.24. The van der Waals surface area contributed by atoms with Crippen LogP contribution >= 0.6 is 23.1 Å². The van der Waals surface area contributed by atoms with Gasteiger partial charge in [-0.2, -0.15) is 0 Å². The third-order valence-electron chi connectivity index (χ3n) is 5.08. The number of benzene rings is 1. The number of amides is 1. The van der Waals surface area contributed by atoms with E-state index in [0.29, 0.717) is 22.8 Å². The van der Waals surface area contributed by atoms with Crippen LogP contribution in [0.2, 0.25) is 0 Å². The minimum atomic E-state index is -1.06. The smallest absolute Gasteiger partial charge is 0.335 e. The standard InChI is InChI=1S/C22H21N3O4S2/c1-2-10-25-20(27)18-15-8-3-4-9-16(15)31-19(18)24-22(25)30-12-17(26)23-14-7-5-6-13(11-14)21(28)29/h2,5-7,11H,1,3-4,8-10,12H2,(H,23,26)(H,28,29). The highest BCUT2D eigenvalue weighted by atomic mass is 32.2. The minimum Gasteiger partial charge on any atom is -0.478 e. The number of aryl methyl sites for hydroxylation is 2. The molecule has 0 atom stereocenters. The number of carbonyl (C=O) groups excluding carboxylic acids is 1. The van der Waals surface area contributed by atoms with Crippen LogP contribution in [0.1, 0.15) is 33.6 Å². The van der Waals surface area contributed by atoms with Crippen molar-refractivity contribution < 1.29 is 14.7 Å². The fourth-order valence-corrected chi connectivity index (χ4v) is 5.79. The van der Waals surface area contributed by atoms with Crippen molar-refractivity contribution in [3.63, 3.8) is 0 Å². The molecule has 4 rings (SSSR count). The first-order valence-electron chi connectivity index (χ1n) is 9.90. The summed E-state index contributed by atoms with van der Waals surface area (Å²) in [6.07, 6.45) is 5.75. The fourth-order valence-electron chi connectivity index (χ4n) is 3.68. The van der Waals surface area contributed by atoms with Crippen molar-refractivity contribution in [1.29, 1.82) is 0 Å². The Kier molecular flexibility index (Phi) is 6.24. The summed E-state index contributed by atoms with van der Waals surface area (Å²) in [4.78, 5) is 43.4. The molecular formula is C22H21N3O4S2. The molecule has 0 aliphatic heterocycles. The number of hydrogen-bond donors (Lipinski definition) is 2. The van der Waals surface area contributed by atoms with Crippen LogP contribution in [0.15, 0.2) is 46.9 Å². The lowest BCUT2D eigenvalue weighted by molar-refractivity contribution is -0.113. The Balaban J connectivity index is 1.57. The lowest BCUT2D eigenvalue weighted by Gasteiger charge is -2.12. The van der Waals surface area contributed by atoms with E-state index in [4.69, 9.17) is 10.1 Å². The van der Waals surface area contributed by atoms with Gasteiger partial charge in [-0.1, -0.05) is 23.9 Å². The van der Waals surface area contributed by atoms with Gasteiger partial charge in [-0.25, -0.2) is 9.78 Å². The summed E-state index contributed by atoms with van der Waals surface area (Å²) < 4.78 is 1.57. The first-order chi connectivity index (χ1) is 15.0. The molecule has 0 saturated carbocycles. The molecule has 2 heterocycles. The van der Waals surface area contributed by atoms with E-state index in [1.54, 1.807) is 34.1 Å². The van der Waals surface area contributed by atoms with Crippen LogP contribution in [-0.4, -0.2) is 32.3 Å². The number of carbonyl (C=O) groups is 2. The van der Waals surface area contributed by atoms with Crippen molar-refractivity contribution in [3.8, 4) is 0 Å². The first kappa shape index (κ1) is 21.3. The van der Waals surface area contributed by atoms with Gasteiger partial charge in [0, 0.05) is 17.1 Å². The molecule has 0 fully saturated rings. The second-order valence-corrected chi connectivity index (χ2v) is 9.24. The molecule has 1 aliphatic rings. The van der Waals surface area contributed by atoms with E-state index in [1.165, 1.54) is 28.8 Å². The van der Waals surface area contributed by atoms with Crippen molar-refractivity contribution in [2.75, 3.05) is 11.1 Å². The number of nitrogens with one attached hydrogen (secondary N) is 1. The predicted octanol–water partition coefficient (Wildman–Crippen LogP) is 3.95. The number of nitrogens with zero attached hydrogens (tertiary/aromatic N) is 2. The number of rotatable bonds is 7. The molecule has 2 aromatic heterocycles. The monoisotopic (exact) mass is 455 g/mol. The molecule has 160 valence electrons. The lowest BCUT2D eigenvalue weighted by atomic mass is 9.97. The Bertz CT molecular complexity index is 1250. The van der Waals surface area contributed by atoms with Gasteiger partial charge in [-0.15, -0.1) is 17.9 Å². The first-order valence-corrected chi connectivity index (χ1v) is 11.7. The topological polar surface area (TPSA) is 101 Å². The van der Waals surface area contributed by atoms with Crippen LogP contribution in [0, 0.1) is 0 Å². The van der Waals surface area contributed by atoms with Gasteiger partial charge in [-0.05, 0) is 49.4 Å². The van der Waals surface area contributed by atoms with Gasteiger partial charge in [0.2, 0.25) is 5.91 Å². The number of allylic oxidation sites excluding steroid dienone is 1. The molecule has 1 amide bonds. The maximum atomic E-state index is 13.2. The van der Waals surface area contributed by atoms with E-state index >= 15 is 0 Å². The van der Waals surface area contributed by atoms with E-state index < -0.39 is 5.97 Å². The van der Waals surface area contributed by atoms with Gasteiger partial charge in [0.25, 0.3) is 5.56 Å². The van der Waals surface area contributed by atoms with Gasteiger partial charge in [0.05, 0.1) is 16.7 Å². The van der Waals surface area contributed by atoms with Gasteiger partial charge < -0.3 is 10.4 Å². The number of anilines is 1. The van der Waals surface area contributed by atoms with E-state index in [2.05, 4.69) is 11.9 Å². The molecule has 7 nitrogen and oxygen atoms in total. The normalized spacial score (nSPS) is 13.0. The summed E-state index contributed by atoms with van der Waals surface area (Å²) in [5.74, 6) is -1.33. The summed E-state index contributed by atoms with van der Waals surface area (Å²) in [5, 5.41) is 13.0. The summed E-state index contributed by atoms with van der Waals surface area (Å²) in [5.41, 5.74) is 1.55. The average molecular weight is 456 g/mol. The second-order valence-electron chi connectivity index (χ2n) is 7.21. The molecule has 0 saturated heterocycles. The number of fused-ring (bicyclic) bond motifs is 3. The third kappa shape index (κ3) is 4.42. The van der Waals surface area contributed by atoms with E-state index in [1.807, 2.05) is 0 Å². The Morgan fingerprint density at radius 1 is 1.32 bits per heavy atom. The number of aromatic carboxylic acids is 1. The zero-order chi connectivity index (χ0) is 22.0. The van der Waals surface area contributed by atoms with Crippen LogP contribution in [0.4, 0.5) is 5.69 Å². The summed E-state index contributed by atoms with van der Waals surface area (Å²) in [6.45, 7) is 4.06. The van der Waals surface area contributed by atoms with Gasteiger partial charge in [0.1, 0.15) is 4.83 Å². The second kappa shape index (κ2) is 9.07. The third-order valence-corrected chi connectivity index (χ3v) is 7.24. The highest BCUT2D eigenvalue weighted by Crippen LogP contribution is 2.34. The average Bonchev–Trinajstić information content (AvgIpc) is 3.13. The minimum absolute atomic E-state index is 0.0392. The summed E-state index contributed by atoms with van der Waals surface area (Å²) in [6, 6.07) is 6.06. The highest BCUT2D eigenvalue weighted by molar-refractivity contribution is 7.99. The molecule has 1 aromatic carbocycles. The van der Waals surface area contributed by atoms with Gasteiger partial charge >= 0.3 is 5.97 Å². The van der Waals surface area contributed by atoms with Crippen LogP contribution in [0.5, 0.6) is 0 Å². The predicted molar refractivity (Wildman–Crippen MR) is 123 cm³/mol. The molecule has 9 heteroatoms. The molecule has 0 spiro atoms. The molecule has 0 bridgehead atoms. The molecular weight excluding hydrogens is 434 g/mol. The van der Waals surface area contributed by atoms with E-state index in [0.717, 1.165) is 36.1 Å². The van der Waals surface area contributed by atoms with Gasteiger partial charge in [0.15, 0.2) is 5.16 Å². The number of hydrogen-bond acceptors (Lipinski definition) is 6. The number of carboxylic acids is 1. The Morgan fingerprint density at radius 3 is 2.90 bits per heavy atom. The van der Waals surface area contributed by atoms with E-state index in [9.17, 15) is 14.4 Å². The molecule has 31 heavy (non-hydrogen) atoms. The number of carboxylic acid groups (broad SMARTS) is 1. The molecule has 2 N–H and O–H groups in total. The van der Waals surface area contributed by atoms with Crippen LogP contribution in [0.25, 0.3) is 10.2 Å². The molecule has 3 aromatic rings. The Hall–Kier alpha value is -2.91. The molecule has 0 unspecified atom stereocenters.